The quantitative estimate of drug-likeness (QED) is 0.237. The predicted molar refractivity (Wildman–Crippen MR) is 134 cm³/mol. The summed E-state index contributed by atoms with van der Waals surface area (Å²) in [6.07, 6.45) is -3.99. The van der Waals surface area contributed by atoms with Crippen molar-refractivity contribution in [3.05, 3.63) is 75.0 Å². The van der Waals surface area contributed by atoms with E-state index in [1.165, 1.54) is 19.2 Å². The summed E-state index contributed by atoms with van der Waals surface area (Å²) in [6.45, 7) is 1.91. The summed E-state index contributed by atoms with van der Waals surface area (Å²) < 4.78 is 52.1. The lowest BCUT2D eigenvalue weighted by atomic mass is 10.1. The first-order valence-electron chi connectivity index (χ1n) is 10.6. The molecule has 2 aromatic carbocycles. The Morgan fingerprint density at radius 2 is 1.89 bits per heavy atom. The maximum absolute atomic E-state index is 12.8. The molecule has 12 heteroatoms. The average molecular weight is 612 g/mol. The van der Waals surface area contributed by atoms with Crippen LogP contribution in [0.4, 0.5) is 23.9 Å². The Bertz CT molecular complexity index is 1410. The van der Waals surface area contributed by atoms with Crippen LogP contribution in [0.5, 0.6) is 11.5 Å². The molecule has 36 heavy (non-hydrogen) atoms. The molecule has 1 atom stereocenters. The second-order valence-electron chi connectivity index (χ2n) is 7.80. The number of nitrogens with zero attached hydrogens (tertiary/aromatic N) is 3. The van der Waals surface area contributed by atoms with Gasteiger partial charge in [-0.15, -0.1) is 0 Å². The summed E-state index contributed by atoms with van der Waals surface area (Å²) in [5, 5.41) is 11.6. The molecule has 0 fully saturated rings. The fourth-order valence-corrected chi connectivity index (χ4v) is 4.11. The molecule has 0 bridgehead atoms. The second-order valence-corrected chi connectivity index (χ2v) is 9.05. The van der Waals surface area contributed by atoms with Crippen molar-refractivity contribution >= 4 is 45.8 Å². The molecule has 2 heterocycles. The van der Waals surface area contributed by atoms with E-state index in [1.54, 1.807) is 35.0 Å². The van der Waals surface area contributed by atoms with Crippen LogP contribution in [0.1, 0.15) is 29.7 Å². The number of alkyl halides is 3. The monoisotopic (exact) mass is 612 g/mol. The highest BCUT2D eigenvalue weighted by atomic mass is 127. The van der Waals surface area contributed by atoms with Gasteiger partial charge in [0.25, 0.3) is 0 Å². The van der Waals surface area contributed by atoms with Gasteiger partial charge in [-0.05, 0) is 71.0 Å². The van der Waals surface area contributed by atoms with Crippen LogP contribution in [0, 0.1) is 3.57 Å². The molecule has 1 unspecified atom stereocenters. The van der Waals surface area contributed by atoms with Crippen LogP contribution < -0.4 is 14.8 Å². The van der Waals surface area contributed by atoms with Crippen LogP contribution in [0.15, 0.2) is 54.7 Å². The van der Waals surface area contributed by atoms with Gasteiger partial charge in [0.05, 0.1) is 18.7 Å². The highest BCUT2D eigenvalue weighted by Crippen LogP contribution is 2.35. The van der Waals surface area contributed by atoms with Crippen LogP contribution in [0.25, 0.3) is 11.2 Å². The van der Waals surface area contributed by atoms with Crippen LogP contribution in [0.3, 0.4) is 0 Å². The lowest BCUT2D eigenvalue weighted by molar-refractivity contribution is -0.137. The molecular weight excluding hydrogens is 592 g/mol. The molecule has 0 saturated heterocycles. The zero-order valence-corrected chi connectivity index (χ0v) is 21.2. The second kappa shape index (κ2) is 10.2. The minimum absolute atomic E-state index is 0.0464. The molecule has 188 valence electrons. The summed E-state index contributed by atoms with van der Waals surface area (Å²) in [4.78, 5) is 20.2. The SMILES string of the molecule is COc1cc(C(C)n2c(NC(=O)O)nc3cc(I)cnc32)ccc1OCc1ccc(C(F)(F)F)cc1. The molecular formula is C24H20F3IN4O4. The number of pyridine rings is 1. The Kier molecular flexibility index (Phi) is 7.24. The van der Waals surface area contributed by atoms with Crippen molar-refractivity contribution in [3.63, 3.8) is 0 Å². The number of hydrogen-bond acceptors (Lipinski definition) is 5. The van der Waals surface area contributed by atoms with E-state index in [-0.39, 0.29) is 18.6 Å². The van der Waals surface area contributed by atoms with Crippen LogP contribution >= 0.6 is 22.6 Å². The summed E-state index contributed by atoms with van der Waals surface area (Å²) in [7, 11) is 1.47. The molecule has 1 amide bonds. The van der Waals surface area contributed by atoms with E-state index in [0.29, 0.717) is 28.2 Å². The first-order valence-corrected chi connectivity index (χ1v) is 11.6. The number of ether oxygens (including phenoxy) is 2. The van der Waals surface area contributed by atoms with Crippen molar-refractivity contribution in [2.75, 3.05) is 12.4 Å². The molecule has 0 aliphatic rings. The molecule has 0 radical (unpaired) electrons. The van der Waals surface area contributed by atoms with Crippen molar-refractivity contribution in [2.24, 2.45) is 0 Å². The first-order chi connectivity index (χ1) is 17.1. The van der Waals surface area contributed by atoms with Gasteiger partial charge in [-0.3, -0.25) is 9.88 Å². The number of fused-ring (bicyclic) bond motifs is 1. The summed E-state index contributed by atoms with van der Waals surface area (Å²) in [6, 6.07) is 11.4. The fourth-order valence-electron chi connectivity index (χ4n) is 3.67. The summed E-state index contributed by atoms with van der Waals surface area (Å²) in [5.74, 6) is 0.937. The molecule has 4 aromatic rings. The van der Waals surface area contributed by atoms with Gasteiger partial charge in [0.2, 0.25) is 5.95 Å². The van der Waals surface area contributed by atoms with Crippen LogP contribution in [-0.2, 0) is 12.8 Å². The van der Waals surface area contributed by atoms with E-state index in [2.05, 4.69) is 37.9 Å². The van der Waals surface area contributed by atoms with Gasteiger partial charge in [-0.25, -0.2) is 14.8 Å². The minimum atomic E-state index is -4.40. The van der Waals surface area contributed by atoms with E-state index in [4.69, 9.17) is 9.47 Å². The topological polar surface area (TPSA) is 98.5 Å². The number of methoxy groups -OCH3 is 1. The minimum Gasteiger partial charge on any atom is -0.493 e. The van der Waals surface area contributed by atoms with Gasteiger partial charge in [-0.1, -0.05) is 18.2 Å². The number of rotatable bonds is 7. The number of aromatic nitrogens is 3. The van der Waals surface area contributed by atoms with Crippen molar-refractivity contribution < 1.29 is 32.5 Å². The third kappa shape index (κ3) is 5.48. The average Bonchev–Trinajstić information content (AvgIpc) is 3.17. The molecule has 0 aliphatic carbocycles. The lowest BCUT2D eigenvalue weighted by Crippen LogP contribution is -2.16. The van der Waals surface area contributed by atoms with E-state index < -0.39 is 17.8 Å². The lowest BCUT2D eigenvalue weighted by Gasteiger charge is -2.19. The van der Waals surface area contributed by atoms with E-state index >= 15 is 0 Å². The standard InChI is InChI=1S/C24H20F3IN4O4/c1-13(32-21-18(10-17(28)11-29-21)30-22(32)31-23(33)34)15-5-8-19(20(9-15)35-2)36-12-14-3-6-16(7-4-14)24(25,26)27/h3-11,13H,12H2,1-2H3,(H,30,31)(H,33,34). The molecule has 0 aliphatic heterocycles. The number of halogens is 4. The number of carbonyl (C=O) groups is 1. The van der Waals surface area contributed by atoms with Crippen LogP contribution in [0.2, 0.25) is 0 Å². The van der Waals surface area contributed by atoms with Crippen molar-refractivity contribution in [1.82, 2.24) is 14.5 Å². The zero-order chi connectivity index (χ0) is 26.0. The van der Waals surface area contributed by atoms with Gasteiger partial charge >= 0.3 is 12.3 Å². The van der Waals surface area contributed by atoms with Crippen molar-refractivity contribution in [3.8, 4) is 11.5 Å². The predicted octanol–water partition coefficient (Wildman–Crippen LogP) is 6.34. The third-order valence-corrected chi connectivity index (χ3v) is 6.04. The summed E-state index contributed by atoms with van der Waals surface area (Å²) >= 11 is 2.10. The van der Waals surface area contributed by atoms with E-state index in [1.807, 2.05) is 6.92 Å². The third-order valence-electron chi connectivity index (χ3n) is 5.45. The Morgan fingerprint density at radius 3 is 2.53 bits per heavy atom. The molecule has 4 rings (SSSR count). The highest BCUT2D eigenvalue weighted by molar-refractivity contribution is 14.1. The summed E-state index contributed by atoms with van der Waals surface area (Å²) in [5.41, 5.74) is 1.66. The van der Waals surface area contributed by atoms with Gasteiger partial charge in [0.1, 0.15) is 12.1 Å². The van der Waals surface area contributed by atoms with Crippen molar-refractivity contribution in [1.29, 1.82) is 0 Å². The van der Waals surface area contributed by atoms with E-state index in [0.717, 1.165) is 21.3 Å². The van der Waals surface area contributed by atoms with Gasteiger partial charge in [0.15, 0.2) is 17.1 Å². The number of nitrogens with one attached hydrogen (secondary N) is 1. The first kappa shape index (κ1) is 25.5. The molecule has 2 N–H and O–H groups in total. The fraction of sp³-hybridized carbons (Fsp3) is 0.208. The number of anilines is 1. The maximum atomic E-state index is 12.8. The van der Waals surface area contributed by atoms with Crippen molar-refractivity contribution in [2.45, 2.75) is 25.7 Å². The molecule has 2 aromatic heterocycles. The number of carboxylic acid groups (broad SMARTS) is 1. The van der Waals surface area contributed by atoms with Gasteiger partial charge in [0, 0.05) is 9.77 Å². The maximum Gasteiger partial charge on any atom is 0.416 e. The normalized spacial score (nSPS) is 12.4. The Labute approximate surface area is 217 Å². The Balaban J connectivity index is 1.60. The largest absolute Gasteiger partial charge is 0.493 e. The van der Waals surface area contributed by atoms with Gasteiger partial charge < -0.3 is 14.6 Å². The number of benzene rings is 2. The Morgan fingerprint density at radius 1 is 1.17 bits per heavy atom. The smallest absolute Gasteiger partial charge is 0.416 e. The molecule has 0 saturated carbocycles. The highest BCUT2D eigenvalue weighted by Gasteiger charge is 2.30. The zero-order valence-electron chi connectivity index (χ0n) is 19.0. The molecule has 8 nitrogen and oxygen atoms in total. The number of imidazole rings is 1. The van der Waals surface area contributed by atoms with Crippen LogP contribution in [-0.4, -0.2) is 32.8 Å². The van der Waals surface area contributed by atoms with E-state index in [9.17, 15) is 23.1 Å². The number of amides is 1. The molecule has 0 spiro atoms. The van der Waals surface area contributed by atoms with Gasteiger partial charge in [-0.2, -0.15) is 13.2 Å². The Hall–Kier alpha value is -3.55. The number of hydrogen-bond donors (Lipinski definition) is 2.